The van der Waals surface area contributed by atoms with Crippen LogP contribution in [0.15, 0.2) is 24.3 Å². The van der Waals surface area contributed by atoms with Crippen molar-refractivity contribution in [2.45, 2.75) is 38.3 Å². The molecular formula is C15H23ClN2. The van der Waals surface area contributed by atoms with E-state index in [0.717, 1.165) is 30.5 Å². The fourth-order valence-corrected chi connectivity index (χ4v) is 3.10. The van der Waals surface area contributed by atoms with Crippen LogP contribution >= 0.6 is 11.6 Å². The van der Waals surface area contributed by atoms with Gasteiger partial charge >= 0.3 is 0 Å². The molecule has 1 saturated carbocycles. The minimum absolute atomic E-state index is 0.180. The molecule has 1 aliphatic carbocycles. The molecule has 0 saturated heterocycles. The summed E-state index contributed by atoms with van der Waals surface area (Å²) in [5.74, 6) is 0.782. The molecule has 3 heteroatoms. The van der Waals surface area contributed by atoms with Crippen LogP contribution in [0.1, 0.15) is 31.7 Å². The lowest BCUT2D eigenvalue weighted by atomic mass is 9.88. The molecule has 1 aliphatic rings. The van der Waals surface area contributed by atoms with Gasteiger partial charge in [0, 0.05) is 23.7 Å². The van der Waals surface area contributed by atoms with Crippen LogP contribution in [0.3, 0.4) is 0 Å². The van der Waals surface area contributed by atoms with Gasteiger partial charge < -0.3 is 5.73 Å². The fourth-order valence-electron chi connectivity index (χ4n) is 2.98. The maximum Gasteiger partial charge on any atom is 0.0406 e. The van der Waals surface area contributed by atoms with Gasteiger partial charge in [-0.15, -0.1) is 0 Å². The van der Waals surface area contributed by atoms with E-state index in [9.17, 15) is 0 Å². The molecule has 0 amide bonds. The average Bonchev–Trinajstić information content (AvgIpc) is 3.19. The largest absolute Gasteiger partial charge is 0.329 e. The third-order valence-electron chi connectivity index (χ3n) is 4.40. The summed E-state index contributed by atoms with van der Waals surface area (Å²) in [6, 6.07) is 8.11. The number of halogens is 1. The molecule has 1 atom stereocenters. The number of likely N-dealkylation sites (N-methyl/N-ethyl adjacent to an activating group) is 1. The molecule has 0 radical (unpaired) electrons. The topological polar surface area (TPSA) is 29.3 Å². The number of nitrogens with zero attached hydrogens (tertiary/aromatic N) is 1. The van der Waals surface area contributed by atoms with Gasteiger partial charge in [-0.05, 0) is 49.9 Å². The summed E-state index contributed by atoms with van der Waals surface area (Å²) in [7, 11) is 2.20. The van der Waals surface area contributed by atoms with Crippen LogP contribution in [0.5, 0.6) is 0 Å². The highest BCUT2D eigenvalue weighted by Gasteiger charge is 2.45. The molecule has 0 heterocycles. The lowest BCUT2D eigenvalue weighted by Gasteiger charge is -2.41. The van der Waals surface area contributed by atoms with Gasteiger partial charge in [0.15, 0.2) is 0 Å². The van der Waals surface area contributed by atoms with E-state index >= 15 is 0 Å². The second-order valence-corrected chi connectivity index (χ2v) is 5.85. The molecule has 2 N–H and O–H groups in total. The Kier molecular flexibility index (Phi) is 4.31. The highest BCUT2D eigenvalue weighted by molar-refractivity contribution is 6.30. The molecule has 1 aromatic rings. The van der Waals surface area contributed by atoms with Gasteiger partial charge in [-0.1, -0.05) is 30.7 Å². The van der Waals surface area contributed by atoms with Gasteiger partial charge in [0.1, 0.15) is 0 Å². The molecule has 1 unspecified atom stereocenters. The van der Waals surface area contributed by atoms with E-state index in [1.165, 1.54) is 18.4 Å². The van der Waals surface area contributed by atoms with Gasteiger partial charge in [0.25, 0.3) is 0 Å². The third-order valence-corrected chi connectivity index (χ3v) is 4.65. The van der Waals surface area contributed by atoms with E-state index in [4.69, 9.17) is 17.3 Å². The van der Waals surface area contributed by atoms with Crippen molar-refractivity contribution < 1.29 is 0 Å². The van der Waals surface area contributed by atoms with Gasteiger partial charge in [0.2, 0.25) is 0 Å². The van der Waals surface area contributed by atoms with Gasteiger partial charge in [-0.2, -0.15) is 0 Å². The molecule has 0 aromatic heterocycles. The molecule has 0 aliphatic heterocycles. The Balaban J connectivity index is 2.09. The van der Waals surface area contributed by atoms with Gasteiger partial charge in [-0.3, -0.25) is 4.90 Å². The zero-order valence-electron chi connectivity index (χ0n) is 11.3. The first kappa shape index (κ1) is 13.9. The Morgan fingerprint density at radius 1 is 1.33 bits per heavy atom. The van der Waals surface area contributed by atoms with Crippen molar-refractivity contribution in [3.63, 3.8) is 0 Å². The van der Waals surface area contributed by atoms with Crippen LogP contribution < -0.4 is 5.73 Å². The van der Waals surface area contributed by atoms with E-state index in [2.05, 4.69) is 31.0 Å². The monoisotopic (exact) mass is 266 g/mol. The smallest absolute Gasteiger partial charge is 0.0406 e. The molecule has 2 rings (SSSR count). The zero-order valence-corrected chi connectivity index (χ0v) is 12.1. The van der Waals surface area contributed by atoms with E-state index in [0.29, 0.717) is 0 Å². The lowest BCUT2D eigenvalue weighted by Crippen LogP contribution is -2.53. The van der Waals surface area contributed by atoms with Crippen LogP contribution in [-0.2, 0) is 6.54 Å². The first-order chi connectivity index (χ1) is 8.62. The predicted molar refractivity (Wildman–Crippen MR) is 77.7 cm³/mol. The van der Waals surface area contributed by atoms with E-state index in [-0.39, 0.29) is 5.54 Å². The Morgan fingerprint density at radius 3 is 2.39 bits per heavy atom. The van der Waals surface area contributed by atoms with E-state index in [1.807, 2.05) is 12.1 Å². The molecule has 18 heavy (non-hydrogen) atoms. The van der Waals surface area contributed by atoms with Crippen molar-refractivity contribution in [2.75, 3.05) is 13.6 Å². The van der Waals surface area contributed by atoms with Crippen LogP contribution in [0.2, 0.25) is 5.02 Å². The first-order valence-corrected chi connectivity index (χ1v) is 7.16. The number of hydrogen-bond acceptors (Lipinski definition) is 2. The number of rotatable bonds is 6. The Hall–Kier alpha value is -0.570. The van der Waals surface area contributed by atoms with Crippen LogP contribution in [0, 0.1) is 5.92 Å². The standard InChI is InChI=1S/C15H23ClN2/c1-3-15(11-17,13-6-7-13)18(2)10-12-4-8-14(16)9-5-12/h4-5,8-9,13H,3,6-7,10-11,17H2,1-2H3. The first-order valence-electron chi connectivity index (χ1n) is 6.78. The van der Waals surface area contributed by atoms with Crippen LogP contribution in [-0.4, -0.2) is 24.0 Å². The second-order valence-electron chi connectivity index (χ2n) is 5.42. The quantitative estimate of drug-likeness (QED) is 0.856. The summed E-state index contributed by atoms with van der Waals surface area (Å²) in [6.45, 7) is 3.94. The van der Waals surface area contributed by atoms with Crippen molar-refractivity contribution >= 4 is 11.6 Å². The molecule has 0 spiro atoms. The summed E-state index contributed by atoms with van der Waals surface area (Å²) < 4.78 is 0. The fraction of sp³-hybridized carbons (Fsp3) is 0.600. The summed E-state index contributed by atoms with van der Waals surface area (Å²) >= 11 is 5.92. The number of nitrogens with two attached hydrogens (primary N) is 1. The van der Waals surface area contributed by atoms with Crippen molar-refractivity contribution in [1.82, 2.24) is 4.90 Å². The lowest BCUT2D eigenvalue weighted by molar-refractivity contribution is 0.0891. The summed E-state index contributed by atoms with van der Waals surface area (Å²) in [6.07, 6.45) is 3.78. The molecule has 1 aromatic carbocycles. The third kappa shape index (κ3) is 2.71. The molecule has 100 valence electrons. The maximum absolute atomic E-state index is 6.08. The summed E-state index contributed by atoms with van der Waals surface area (Å²) in [4.78, 5) is 2.44. The van der Waals surface area contributed by atoms with Gasteiger partial charge in [-0.25, -0.2) is 0 Å². The zero-order chi connectivity index (χ0) is 13.2. The summed E-state index contributed by atoms with van der Waals surface area (Å²) in [5.41, 5.74) is 7.56. The van der Waals surface area contributed by atoms with Gasteiger partial charge in [0.05, 0.1) is 0 Å². The SMILES string of the molecule is CCC(CN)(C1CC1)N(C)Cc1ccc(Cl)cc1. The Bertz CT molecular complexity index is 380. The second kappa shape index (κ2) is 5.60. The van der Waals surface area contributed by atoms with Crippen molar-refractivity contribution in [3.05, 3.63) is 34.9 Å². The molecule has 0 bridgehead atoms. The predicted octanol–water partition coefficient (Wildman–Crippen LogP) is 3.29. The highest BCUT2D eigenvalue weighted by atomic mass is 35.5. The van der Waals surface area contributed by atoms with Crippen molar-refractivity contribution in [2.24, 2.45) is 11.7 Å². The minimum atomic E-state index is 0.180. The normalized spacial score (nSPS) is 18.9. The minimum Gasteiger partial charge on any atom is -0.329 e. The maximum atomic E-state index is 6.08. The van der Waals surface area contributed by atoms with Crippen molar-refractivity contribution in [3.8, 4) is 0 Å². The molecular weight excluding hydrogens is 244 g/mol. The number of hydrogen-bond donors (Lipinski definition) is 1. The van der Waals surface area contributed by atoms with Crippen LogP contribution in [0.25, 0.3) is 0 Å². The Morgan fingerprint density at radius 2 is 1.94 bits per heavy atom. The van der Waals surface area contributed by atoms with Crippen LogP contribution in [0.4, 0.5) is 0 Å². The molecule has 2 nitrogen and oxygen atoms in total. The highest BCUT2D eigenvalue weighted by Crippen LogP contribution is 2.44. The summed E-state index contributed by atoms with van der Waals surface area (Å²) in [5, 5.41) is 0.796. The van der Waals surface area contributed by atoms with E-state index < -0.39 is 0 Å². The van der Waals surface area contributed by atoms with E-state index in [1.54, 1.807) is 0 Å². The Labute approximate surface area is 115 Å². The van der Waals surface area contributed by atoms with Crippen molar-refractivity contribution in [1.29, 1.82) is 0 Å². The number of benzene rings is 1. The average molecular weight is 267 g/mol. The molecule has 1 fully saturated rings.